The minimum atomic E-state index is -0.556. The van der Waals surface area contributed by atoms with Crippen LogP contribution in [0.1, 0.15) is 18.7 Å². The molecule has 0 bridgehead atoms. The van der Waals surface area contributed by atoms with Gasteiger partial charge >= 0.3 is 0 Å². The molecule has 4 rings (SSSR count). The maximum Gasteiger partial charge on any atom is 0.224 e. The topological polar surface area (TPSA) is 120 Å². The van der Waals surface area contributed by atoms with E-state index in [9.17, 15) is 19.2 Å². The third kappa shape index (κ3) is 4.09. The zero-order chi connectivity index (χ0) is 24.4. The molecule has 1 aliphatic heterocycles. The molecule has 0 fully saturated rings. The van der Waals surface area contributed by atoms with Crippen LogP contribution in [0.3, 0.4) is 0 Å². The number of ketones is 1. The molecule has 0 saturated carbocycles. The number of carbonyl (C=O) groups excluding carboxylic acids is 2. The van der Waals surface area contributed by atoms with E-state index < -0.39 is 17.5 Å². The molecule has 11 heteroatoms. The van der Waals surface area contributed by atoms with Gasteiger partial charge in [0.15, 0.2) is 11.6 Å². The van der Waals surface area contributed by atoms with Gasteiger partial charge in [0.25, 0.3) is 0 Å². The molecule has 0 atom stereocenters. The summed E-state index contributed by atoms with van der Waals surface area (Å²) in [5.41, 5.74) is 2.15. The Morgan fingerprint density at radius 3 is 2.32 bits per heavy atom. The number of carbonyl (C=O) groups is 2. The molecular weight excluding hydrogens is 439 g/mol. The lowest BCUT2D eigenvalue weighted by atomic mass is 10.1. The van der Waals surface area contributed by atoms with Crippen LogP contribution in [0, 0.1) is 24.1 Å². The van der Waals surface area contributed by atoms with Crippen LogP contribution in [0.2, 0.25) is 0 Å². The Bertz CT molecular complexity index is 1330. The van der Waals surface area contributed by atoms with E-state index >= 15 is 0 Å². The quantitative estimate of drug-likeness (QED) is 0.440. The number of anilines is 3. The highest BCUT2D eigenvalue weighted by Crippen LogP contribution is 2.40. The van der Waals surface area contributed by atoms with Crippen molar-refractivity contribution < 1.29 is 14.0 Å². The number of nitriles is 1. The molecule has 0 saturated heterocycles. The summed E-state index contributed by atoms with van der Waals surface area (Å²) in [6.45, 7) is 1.62. The lowest BCUT2D eigenvalue weighted by Gasteiger charge is -2.19. The third-order valence-corrected chi connectivity index (χ3v) is 5.52. The molecule has 34 heavy (non-hydrogen) atoms. The molecule has 0 aliphatic carbocycles. The van der Waals surface area contributed by atoms with Crippen molar-refractivity contribution in [1.29, 1.82) is 5.26 Å². The number of halogens is 1. The molecule has 10 nitrogen and oxygen atoms in total. The van der Waals surface area contributed by atoms with Crippen molar-refractivity contribution in [1.82, 2.24) is 20.2 Å². The van der Waals surface area contributed by atoms with Gasteiger partial charge in [-0.05, 0) is 47.7 Å². The van der Waals surface area contributed by atoms with Crippen molar-refractivity contribution in [3.8, 4) is 11.8 Å². The Kier molecular flexibility index (Phi) is 6.05. The summed E-state index contributed by atoms with van der Waals surface area (Å²) < 4.78 is 15.4. The van der Waals surface area contributed by atoms with E-state index in [-0.39, 0.29) is 24.1 Å². The fourth-order valence-corrected chi connectivity index (χ4v) is 3.84. The fourth-order valence-electron chi connectivity index (χ4n) is 3.84. The summed E-state index contributed by atoms with van der Waals surface area (Å²) in [6.07, 6.45) is -0.301. The lowest BCUT2D eigenvalue weighted by molar-refractivity contribution is -0.120. The molecule has 1 N–H and O–H groups in total. The van der Waals surface area contributed by atoms with E-state index in [0.717, 1.165) is 11.4 Å². The normalized spacial score (nSPS) is 12.4. The average Bonchev–Trinajstić information content (AvgIpc) is 3.36. The second-order valence-electron chi connectivity index (χ2n) is 7.69. The summed E-state index contributed by atoms with van der Waals surface area (Å²) in [5.74, 6) is -0.593. The van der Waals surface area contributed by atoms with Gasteiger partial charge in [-0.2, -0.15) is 9.94 Å². The number of benzene rings is 2. The molecule has 1 amide bonds. The summed E-state index contributed by atoms with van der Waals surface area (Å²) in [6, 6.07) is 13.6. The first-order valence-corrected chi connectivity index (χ1v) is 10.4. The Balaban J connectivity index is 1.46. The van der Waals surface area contributed by atoms with Crippen LogP contribution in [-0.4, -0.2) is 46.0 Å². The molecule has 2 aromatic carbocycles. The standard InChI is InChI=1S/C23H21FN8O2/c1-14-27-28-29-32(14)20-12-15(8-9-17(20)24)26-22(34)11-10-21(33)16(13-25)23-30(2)18-6-4-5-7-19(18)31(23)3/h4-9,12H,10-11H2,1-3H3,(H,26,34). The number of para-hydroxylation sites is 2. The van der Waals surface area contributed by atoms with E-state index in [1.807, 2.05) is 30.3 Å². The number of tetrazole rings is 1. The van der Waals surface area contributed by atoms with Gasteiger partial charge in [-0.1, -0.05) is 12.1 Å². The second kappa shape index (κ2) is 9.11. The maximum absolute atomic E-state index is 14.2. The van der Waals surface area contributed by atoms with E-state index in [2.05, 4.69) is 20.8 Å². The van der Waals surface area contributed by atoms with Crippen LogP contribution < -0.4 is 15.1 Å². The van der Waals surface area contributed by atoms with Crippen molar-refractivity contribution in [2.75, 3.05) is 29.2 Å². The van der Waals surface area contributed by atoms with Crippen molar-refractivity contribution in [3.63, 3.8) is 0 Å². The van der Waals surface area contributed by atoms with Crippen molar-refractivity contribution >= 4 is 28.8 Å². The van der Waals surface area contributed by atoms with Crippen LogP contribution >= 0.6 is 0 Å². The highest BCUT2D eigenvalue weighted by Gasteiger charge is 2.31. The summed E-state index contributed by atoms with van der Waals surface area (Å²) in [7, 11) is 3.57. The monoisotopic (exact) mass is 460 g/mol. The summed E-state index contributed by atoms with van der Waals surface area (Å²) in [4.78, 5) is 28.9. The second-order valence-corrected chi connectivity index (χ2v) is 7.69. The van der Waals surface area contributed by atoms with Gasteiger partial charge < -0.3 is 15.1 Å². The number of fused-ring (bicyclic) bond motifs is 1. The molecule has 2 heterocycles. The molecule has 0 radical (unpaired) electrons. The number of nitrogens with zero attached hydrogens (tertiary/aromatic N) is 7. The van der Waals surface area contributed by atoms with Gasteiger partial charge in [-0.3, -0.25) is 9.59 Å². The molecule has 0 spiro atoms. The third-order valence-electron chi connectivity index (χ3n) is 5.52. The Labute approximate surface area is 194 Å². The van der Waals surface area contributed by atoms with E-state index in [1.54, 1.807) is 30.8 Å². The number of hydrogen-bond donors (Lipinski definition) is 1. The number of aromatic nitrogens is 4. The molecular formula is C23H21FN8O2. The molecule has 3 aromatic rings. The zero-order valence-corrected chi connectivity index (χ0v) is 18.8. The predicted molar refractivity (Wildman–Crippen MR) is 123 cm³/mol. The number of Topliss-reactive ketones (excluding diaryl/α,β-unsaturated/α-hetero) is 1. The Hall–Kier alpha value is -4.59. The van der Waals surface area contributed by atoms with Gasteiger partial charge in [-0.15, -0.1) is 5.10 Å². The van der Waals surface area contributed by atoms with E-state index in [0.29, 0.717) is 17.3 Å². The predicted octanol–water partition coefficient (Wildman–Crippen LogP) is 2.72. The van der Waals surface area contributed by atoms with Crippen molar-refractivity contribution in [2.45, 2.75) is 19.8 Å². The smallest absolute Gasteiger partial charge is 0.224 e. The first kappa shape index (κ1) is 22.6. The van der Waals surface area contributed by atoms with Crippen LogP contribution in [-0.2, 0) is 9.59 Å². The van der Waals surface area contributed by atoms with E-state index in [1.165, 1.54) is 22.9 Å². The van der Waals surface area contributed by atoms with E-state index in [4.69, 9.17) is 0 Å². The summed E-state index contributed by atoms with van der Waals surface area (Å²) >= 11 is 0. The first-order chi connectivity index (χ1) is 16.3. The maximum atomic E-state index is 14.2. The number of amides is 1. The Morgan fingerprint density at radius 1 is 1.06 bits per heavy atom. The van der Waals surface area contributed by atoms with Gasteiger partial charge in [-0.25, -0.2) is 4.39 Å². The first-order valence-electron chi connectivity index (χ1n) is 10.4. The van der Waals surface area contributed by atoms with Gasteiger partial charge in [0.2, 0.25) is 5.91 Å². The largest absolute Gasteiger partial charge is 0.328 e. The number of nitrogens with one attached hydrogen (secondary N) is 1. The Morgan fingerprint density at radius 2 is 1.74 bits per heavy atom. The van der Waals surface area contributed by atoms with Crippen molar-refractivity contribution in [2.24, 2.45) is 0 Å². The molecule has 1 aromatic heterocycles. The number of allylic oxidation sites excluding steroid dienone is 1. The average molecular weight is 460 g/mol. The molecule has 172 valence electrons. The number of rotatable bonds is 6. The summed E-state index contributed by atoms with van der Waals surface area (Å²) in [5, 5.41) is 23.3. The van der Waals surface area contributed by atoms with Gasteiger partial charge in [0.1, 0.15) is 29.0 Å². The highest BCUT2D eigenvalue weighted by molar-refractivity contribution is 6.04. The SMILES string of the molecule is Cc1nnnn1-c1cc(NC(=O)CCC(=O)C(C#N)=C2N(C)c3ccccc3N2C)ccc1F. The fraction of sp³-hybridized carbons (Fsp3) is 0.217. The van der Waals surface area contributed by atoms with Gasteiger partial charge in [0.05, 0.1) is 11.4 Å². The zero-order valence-electron chi connectivity index (χ0n) is 18.8. The molecule has 1 aliphatic rings. The minimum absolute atomic E-state index is 0.0211. The lowest BCUT2D eigenvalue weighted by Crippen LogP contribution is -2.26. The van der Waals surface area contributed by atoms with Crippen LogP contribution in [0.4, 0.5) is 21.5 Å². The van der Waals surface area contributed by atoms with Crippen LogP contribution in [0.25, 0.3) is 5.69 Å². The van der Waals surface area contributed by atoms with Crippen LogP contribution in [0.15, 0.2) is 53.9 Å². The molecule has 0 unspecified atom stereocenters. The number of hydrogen-bond acceptors (Lipinski definition) is 8. The minimum Gasteiger partial charge on any atom is -0.328 e. The highest BCUT2D eigenvalue weighted by atomic mass is 19.1. The van der Waals surface area contributed by atoms with Crippen molar-refractivity contribution in [3.05, 3.63) is 65.5 Å². The van der Waals surface area contributed by atoms with Gasteiger partial charge in [0, 0.05) is 32.6 Å². The van der Waals surface area contributed by atoms with Crippen LogP contribution in [0.5, 0.6) is 0 Å². The number of aryl methyl sites for hydroxylation is 1.